The fraction of sp³-hybridized carbons (Fsp3) is 0.133. The van der Waals surface area contributed by atoms with Gasteiger partial charge in [-0.3, -0.25) is 4.79 Å². The fourth-order valence-electron chi connectivity index (χ4n) is 1.64. The van der Waals surface area contributed by atoms with Gasteiger partial charge in [0.1, 0.15) is 11.5 Å². The Kier molecular flexibility index (Phi) is 3.63. The Morgan fingerprint density at radius 3 is 2.39 bits per heavy atom. The van der Waals surface area contributed by atoms with Crippen molar-refractivity contribution in [3.05, 3.63) is 60.2 Å². The first kappa shape index (κ1) is 12.2. The fourth-order valence-corrected chi connectivity index (χ4v) is 1.64. The molecule has 2 aromatic carbocycles. The summed E-state index contributed by atoms with van der Waals surface area (Å²) >= 11 is 0. The number of ether oxygens (including phenoxy) is 1. The molecule has 1 atom stereocenters. The molecule has 1 unspecified atom stereocenters. The Bertz CT molecular complexity index is 537. The van der Waals surface area contributed by atoms with E-state index in [-0.39, 0.29) is 11.8 Å². The lowest BCUT2D eigenvalue weighted by atomic mass is 10.0. The molecule has 92 valence electrons. The van der Waals surface area contributed by atoms with E-state index in [4.69, 9.17) is 10.5 Å². The van der Waals surface area contributed by atoms with Crippen molar-refractivity contribution in [3.8, 4) is 11.5 Å². The zero-order valence-corrected chi connectivity index (χ0v) is 10.2. The highest BCUT2D eigenvalue weighted by Crippen LogP contribution is 2.24. The molecule has 0 saturated heterocycles. The van der Waals surface area contributed by atoms with E-state index in [9.17, 15) is 4.79 Å². The van der Waals surface area contributed by atoms with Crippen molar-refractivity contribution in [2.45, 2.75) is 12.8 Å². The van der Waals surface area contributed by atoms with Crippen molar-refractivity contribution in [1.82, 2.24) is 0 Å². The highest BCUT2D eigenvalue weighted by atomic mass is 16.5. The van der Waals surface area contributed by atoms with E-state index < -0.39 is 0 Å². The average Bonchev–Trinajstić information content (AvgIpc) is 2.39. The molecule has 0 fully saturated rings. The van der Waals surface area contributed by atoms with Gasteiger partial charge >= 0.3 is 0 Å². The maximum atomic E-state index is 11.2. The molecule has 1 amide bonds. The molecule has 18 heavy (non-hydrogen) atoms. The van der Waals surface area contributed by atoms with Crippen molar-refractivity contribution >= 4 is 5.91 Å². The molecule has 2 N–H and O–H groups in total. The Labute approximate surface area is 106 Å². The number of benzene rings is 2. The third kappa shape index (κ3) is 2.88. The minimum Gasteiger partial charge on any atom is -0.457 e. The lowest BCUT2D eigenvalue weighted by molar-refractivity contribution is -0.119. The van der Waals surface area contributed by atoms with Crippen LogP contribution in [0.4, 0.5) is 0 Å². The van der Waals surface area contributed by atoms with Gasteiger partial charge in [-0.2, -0.15) is 0 Å². The van der Waals surface area contributed by atoms with Gasteiger partial charge in [0.2, 0.25) is 5.91 Å². The Balaban J connectivity index is 2.20. The summed E-state index contributed by atoms with van der Waals surface area (Å²) in [7, 11) is 0. The first-order valence-electron chi connectivity index (χ1n) is 5.79. The third-order valence-corrected chi connectivity index (χ3v) is 2.76. The maximum Gasteiger partial charge on any atom is 0.224 e. The van der Waals surface area contributed by atoms with Gasteiger partial charge in [-0.05, 0) is 36.8 Å². The summed E-state index contributed by atoms with van der Waals surface area (Å²) in [5, 5.41) is 0. The minimum absolute atomic E-state index is 0.315. The predicted octanol–water partition coefficient (Wildman–Crippen LogP) is 3.07. The second kappa shape index (κ2) is 5.36. The van der Waals surface area contributed by atoms with Crippen LogP contribution >= 0.6 is 0 Å². The van der Waals surface area contributed by atoms with Gasteiger partial charge in [0.05, 0.1) is 5.92 Å². The maximum absolute atomic E-state index is 11.2. The SMILES string of the molecule is CC(C(N)=O)c1cccc(Oc2ccccc2)c1. The Morgan fingerprint density at radius 1 is 1.06 bits per heavy atom. The van der Waals surface area contributed by atoms with Crippen molar-refractivity contribution in [3.63, 3.8) is 0 Å². The van der Waals surface area contributed by atoms with E-state index in [1.165, 1.54) is 0 Å². The molecule has 0 saturated carbocycles. The van der Waals surface area contributed by atoms with Crippen LogP contribution in [0.15, 0.2) is 54.6 Å². The van der Waals surface area contributed by atoms with Crippen molar-refractivity contribution in [2.75, 3.05) is 0 Å². The normalized spacial score (nSPS) is 11.8. The van der Waals surface area contributed by atoms with Crippen molar-refractivity contribution < 1.29 is 9.53 Å². The van der Waals surface area contributed by atoms with Crippen molar-refractivity contribution in [2.24, 2.45) is 5.73 Å². The summed E-state index contributed by atoms with van der Waals surface area (Å²) in [6.07, 6.45) is 0. The number of amides is 1. The minimum atomic E-state index is -0.341. The lowest BCUT2D eigenvalue weighted by Gasteiger charge is -2.10. The molecule has 0 aliphatic heterocycles. The van der Waals surface area contributed by atoms with Crippen LogP contribution in [0.3, 0.4) is 0 Å². The van der Waals surface area contributed by atoms with E-state index in [2.05, 4.69) is 0 Å². The molecule has 2 rings (SSSR count). The highest BCUT2D eigenvalue weighted by Gasteiger charge is 2.12. The van der Waals surface area contributed by atoms with E-state index in [1.807, 2.05) is 54.6 Å². The molecule has 0 aliphatic carbocycles. The van der Waals surface area contributed by atoms with Crippen LogP contribution in [0.1, 0.15) is 18.4 Å². The molecule has 0 heterocycles. The molecule has 2 aromatic rings. The molecular formula is C15H15NO2. The van der Waals surface area contributed by atoms with E-state index >= 15 is 0 Å². The molecule has 3 nitrogen and oxygen atoms in total. The van der Waals surface area contributed by atoms with Crippen LogP contribution in [-0.2, 0) is 4.79 Å². The number of hydrogen-bond donors (Lipinski definition) is 1. The summed E-state index contributed by atoms with van der Waals surface area (Å²) < 4.78 is 5.70. The summed E-state index contributed by atoms with van der Waals surface area (Å²) in [6, 6.07) is 16.9. The van der Waals surface area contributed by atoms with Gasteiger partial charge in [-0.15, -0.1) is 0 Å². The molecule has 0 aromatic heterocycles. The van der Waals surface area contributed by atoms with E-state index in [1.54, 1.807) is 6.92 Å². The molecule has 0 bridgehead atoms. The number of carbonyl (C=O) groups is 1. The number of hydrogen-bond acceptors (Lipinski definition) is 2. The second-order valence-electron chi connectivity index (χ2n) is 4.11. The monoisotopic (exact) mass is 241 g/mol. The number of carbonyl (C=O) groups excluding carboxylic acids is 1. The van der Waals surface area contributed by atoms with E-state index in [0.29, 0.717) is 5.75 Å². The van der Waals surface area contributed by atoms with Gasteiger partial charge < -0.3 is 10.5 Å². The quantitative estimate of drug-likeness (QED) is 0.894. The van der Waals surface area contributed by atoms with Gasteiger partial charge in [0.15, 0.2) is 0 Å². The van der Waals surface area contributed by atoms with Crippen molar-refractivity contribution in [1.29, 1.82) is 0 Å². The number of rotatable bonds is 4. The summed E-state index contributed by atoms with van der Waals surface area (Å²) in [4.78, 5) is 11.2. The van der Waals surface area contributed by atoms with Gasteiger partial charge in [-0.1, -0.05) is 30.3 Å². The number of para-hydroxylation sites is 1. The predicted molar refractivity (Wildman–Crippen MR) is 70.6 cm³/mol. The smallest absolute Gasteiger partial charge is 0.224 e. The summed E-state index contributed by atoms with van der Waals surface area (Å²) in [5.41, 5.74) is 6.15. The summed E-state index contributed by atoms with van der Waals surface area (Å²) in [6.45, 7) is 1.78. The number of primary amides is 1. The zero-order valence-electron chi connectivity index (χ0n) is 10.2. The van der Waals surface area contributed by atoms with Crippen LogP contribution in [0.5, 0.6) is 11.5 Å². The average molecular weight is 241 g/mol. The third-order valence-electron chi connectivity index (χ3n) is 2.76. The molecule has 0 radical (unpaired) electrons. The van der Waals surface area contributed by atoms with Gasteiger partial charge in [0, 0.05) is 0 Å². The molecule has 0 aliphatic rings. The highest BCUT2D eigenvalue weighted by molar-refractivity contribution is 5.81. The summed E-state index contributed by atoms with van der Waals surface area (Å²) in [5.74, 6) is 0.810. The standard InChI is InChI=1S/C15H15NO2/c1-11(15(16)17)12-6-5-9-14(10-12)18-13-7-3-2-4-8-13/h2-11H,1H3,(H2,16,17). The van der Waals surface area contributed by atoms with Crippen LogP contribution in [-0.4, -0.2) is 5.91 Å². The second-order valence-corrected chi connectivity index (χ2v) is 4.11. The lowest BCUT2D eigenvalue weighted by Crippen LogP contribution is -2.18. The Hall–Kier alpha value is -2.29. The largest absolute Gasteiger partial charge is 0.457 e. The zero-order chi connectivity index (χ0) is 13.0. The van der Waals surface area contributed by atoms with Gasteiger partial charge in [-0.25, -0.2) is 0 Å². The van der Waals surface area contributed by atoms with Crippen LogP contribution in [0, 0.1) is 0 Å². The Morgan fingerprint density at radius 2 is 1.72 bits per heavy atom. The first-order valence-corrected chi connectivity index (χ1v) is 5.79. The van der Waals surface area contributed by atoms with Crippen LogP contribution in [0.2, 0.25) is 0 Å². The molecule has 3 heteroatoms. The molecule has 0 spiro atoms. The first-order chi connectivity index (χ1) is 8.66. The van der Waals surface area contributed by atoms with E-state index in [0.717, 1.165) is 11.3 Å². The topological polar surface area (TPSA) is 52.3 Å². The van der Waals surface area contributed by atoms with Crippen LogP contribution in [0.25, 0.3) is 0 Å². The van der Waals surface area contributed by atoms with Gasteiger partial charge in [0.25, 0.3) is 0 Å². The number of nitrogens with two attached hydrogens (primary N) is 1. The van der Waals surface area contributed by atoms with Crippen LogP contribution < -0.4 is 10.5 Å². The molecular weight excluding hydrogens is 226 g/mol.